The van der Waals surface area contributed by atoms with E-state index < -0.39 is 8.32 Å². The third-order valence-corrected chi connectivity index (χ3v) is 12.5. The number of nitrogens with zero attached hydrogens (tertiary/aromatic N) is 1. The van der Waals surface area contributed by atoms with Gasteiger partial charge < -0.3 is 18.6 Å². The van der Waals surface area contributed by atoms with Crippen molar-refractivity contribution in [2.45, 2.75) is 72.2 Å². The summed E-state index contributed by atoms with van der Waals surface area (Å²) in [5.41, 5.74) is 5.15. The van der Waals surface area contributed by atoms with E-state index >= 15 is 0 Å². The molecule has 43 heavy (non-hydrogen) atoms. The molecule has 0 unspecified atom stereocenters. The highest BCUT2D eigenvalue weighted by Crippen LogP contribution is 2.39. The number of ketones is 1. The van der Waals surface area contributed by atoms with Crippen LogP contribution in [0.1, 0.15) is 63.4 Å². The molecule has 0 fully saturated rings. The molecule has 3 aromatic rings. The number of carbonyl (C=O) groups is 1. The summed E-state index contributed by atoms with van der Waals surface area (Å²) in [4.78, 5) is 18.1. The first-order chi connectivity index (χ1) is 20.4. The van der Waals surface area contributed by atoms with Crippen LogP contribution in [-0.2, 0) is 11.0 Å². The quantitative estimate of drug-likeness (QED) is 0.0794. The molecule has 0 saturated heterocycles. The number of hydrogen-bond donors (Lipinski definition) is 0. The standard InChI is InChI=1S/C36H47NO5Si/c1-10-14-29(25-42-43(8,9)36(3,4)5)26(2)17-22-32(38)33-34(39-6)31(23-37-35(33)40-7)28-18-20-30(21-19-28)41-24-27-15-12-11-13-16-27/h11-13,15-23H,10,14,24-25H2,1-9H3/b22-17+,29-26+. The van der Waals surface area contributed by atoms with Crippen molar-refractivity contribution < 1.29 is 23.4 Å². The number of benzene rings is 2. The van der Waals surface area contributed by atoms with Crippen molar-refractivity contribution in [3.8, 4) is 28.5 Å². The lowest BCUT2D eigenvalue weighted by Gasteiger charge is -2.36. The maximum absolute atomic E-state index is 13.6. The Morgan fingerprint density at radius 3 is 2.21 bits per heavy atom. The van der Waals surface area contributed by atoms with Gasteiger partial charge in [-0.15, -0.1) is 0 Å². The van der Waals surface area contributed by atoms with Crippen LogP contribution in [0.2, 0.25) is 18.1 Å². The Labute approximate surface area is 258 Å². The first kappa shape index (κ1) is 33.8. The van der Waals surface area contributed by atoms with E-state index in [1.165, 1.54) is 12.7 Å². The third-order valence-electron chi connectivity index (χ3n) is 8.06. The van der Waals surface area contributed by atoms with Crippen LogP contribution in [0.25, 0.3) is 11.1 Å². The highest BCUT2D eigenvalue weighted by Gasteiger charge is 2.37. The molecule has 230 valence electrons. The molecule has 0 aliphatic heterocycles. The van der Waals surface area contributed by atoms with Gasteiger partial charge in [-0.1, -0.05) is 82.7 Å². The van der Waals surface area contributed by atoms with Gasteiger partial charge in [-0.3, -0.25) is 4.79 Å². The van der Waals surface area contributed by atoms with E-state index in [-0.39, 0.29) is 22.3 Å². The number of allylic oxidation sites excluding steroid dienone is 3. The van der Waals surface area contributed by atoms with Crippen molar-refractivity contribution in [1.82, 2.24) is 4.98 Å². The number of aromatic nitrogens is 1. The van der Waals surface area contributed by atoms with Gasteiger partial charge in [-0.2, -0.15) is 0 Å². The van der Waals surface area contributed by atoms with Gasteiger partial charge in [0.2, 0.25) is 5.88 Å². The summed E-state index contributed by atoms with van der Waals surface area (Å²) in [6, 6.07) is 17.7. The van der Waals surface area contributed by atoms with Crippen LogP contribution in [0.5, 0.6) is 17.4 Å². The maximum atomic E-state index is 13.6. The fourth-order valence-electron chi connectivity index (χ4n) is 4.31. The molecule has 6 nitrogen and oxygen atoms in total. The van der Waals surface area contributed by atoms with Gasteiger partial charge in [0, 0.05) is 11.8 Å². The summed E-state index contributed by atoms with van der Waals surface area (Å²) >= 11 is 0. The van der Waals surface area contributed by atoms with Crippen molar-refractivity contribution in [3.63, 3.8) is 0 Å². The first-order valence-electron chi connectivity index (χ1n) is 14.8. The van der Waals surface area contributed by atoms with Crippen molar-refractivity contribution in [3.05, 3.63) is 95.2 Å². The van der Waals surface area contributed by atoms with Crippen molar-refractivity contribution in [1.29, 1.82) is 0 Å². The fraction of sp³-hybridized carbons (Fsp3) is 0.389. The molecule has 0 aliphatic carbocycles. The largest absolute Gasteiger partial charge is 0.495 e. The second-order valence-corrected chi connectivity index (χ2v) is 17.0. The molecule has 0 bridgehead atoms. The van der Waals surface area contributed by atoms with Gasteiger partial charge in [-0.05, 0) is 72.0 Å². The topological polar surface area (TPSA) is 66.9 Å². The predicted octanol–water partition coefficient (Wildman–Crippen LogP) is 9.22. The first-order valence-corrected chi connectivity index (χ1v) is 17.8. The molecule has 1 aromatic heterocycles. The lowest BCUT2D eigenvalue weighted by molar-refractivity contribution is 0.104. The molecule has 0 radical (unpaired) electrons. The molecule has 2 aromatic carbocycles. The molecule has 0 spiro atoms. The predicted molar refractivity (Wildman–Crippen MR) is 178 cm³/mol. The summed E-state index contributed by atoms with van der Waals surface area (Å²) in [6.07, 6.45) is 7.02. The third kappa shape index (κ3) is 8.91. The van der Waals surface area contributed by atoms with E-state index in [0.717, 1.165) is 35.3 Å². The summed E-state index contributed by atoms with van der Waals surface area (Å²) in [7, 11) is 1.16. The summed E-state index contributed by atoms with van der Waals surface area (Å²) in [5.74, 6) is 1.13. The minimum Gasteiger partial charge on any atom is -0.495 e. The van der Waals surface area contributed by atoms with Crippen LogP contribution < -0.4 is 14.2 Å². The number of hydrogen-bond acceptors (Lipinski definition) is 6. The number of ether oxygens (including phenoxy) is 3. The molecule has 7 heteroatoms. The van der Waals surface area contributed by atoms with Crippen LogP contribution in [-0.4, -0.2) is 39.9 Å². The van der Waals surface area contributed by atoms with Crippen LogP contribution in [0, 0.1) is 0 Å². The van der Waals surface area contributed by atoms with Crippen molar-refractivity contribution >= 4 is 14.1 Å². The molecule has 0 amide bonds. The zero-order valence-electron chi connectivity index (χ0n) is 27.2. The Bertz CT molecular complexity index is 1420. The number of methoxy groups -OCH3 is 2. The van der Waals surface area contributed by atoms with E-state index in [0.29, 0.717) is 24.5 Å². The fourth-order valence-corrected chi connectivity index (χ4v) is 5.28. The van der Waals surface area contributed by atoms with E-state index in [1.807, 2.05) is 67.6 Å². The Kier molecular flexibility index (Phi) is 11.9. The monoisotopic (exact) mass is 601 g/mol. The van der Waals surface area contributed by atoms with E-state index in [9.17, 15) is 4.79 Å². The van der Waals surface area contributed by atoms with Crippen LogP contribution in [0.15, 0.2) is 84.1 Å². The molecule has 0 atom stereocenters. The number of carbonyl (C=O) groups excluding carboxylic acids is 1. The molecular weight excluding hydrogens is 554 g/mol. The van der Waals surface area contributed by atoms with Crippen LogP contribution >= 0.6 is 0 Å². The highest BCUT2D eigenvalue weighted by molar-refractivity contribution is 6.74. The van der Waals surface area contributed by atoms with Crippen molar-refractivity contribution in [2.24, 2.45) is 0 Å². The maximum Gasteiger partial charge on any atom is 0.228 e. The average Bonchev–Trinajstić information content (AvgIpc) is 3.00. The summed E-state index contributed by atoms with van der Waals surface area (Å²) in [5, 5.41) is 0.130. The van der Waals surface area contributed by atoms with Gasteiger partial charge in [0.15, 0.2) is 14.1 Å². The Morgan fingerprint density at radius 2 is 1.63 bits per heavy atom. The van der Waals surface area contributed by atoms with Gasteiger partial charge in [-0.25, -0.2) is 4.98 Å². The normalized spacial score (nSPS) is 12.7. The molecule has 0 saturated carbocycles. The summed E-state index contributed by atoms with van der Waals surface area (Å²) < 4.78 is 23.7. The molecule has 0 N–H and O–H groups in total. The smallest absolute Gasteiger partial charge is 0.228 e. The number of pyridine rings is 1. The molecule has 1 heterocycles. The Morgan fingerprint density at radius 1 is 0.953 bits per heavy atom. The van der Waals surface area contributed by atoms with E-state index in [1.54, 1.807) is 19.4 Å². The second kappa shape index (κ2) is 15.2. The molecule has 0 aliphatic rings. The Balaban J connectivity index is 1.87. The van der Waals surface area contributed by atoms with E-state index in [4.69, 9.17) is 18.6 Å². The lowest BCUT2D eigenvalue weighted by Crippen LogP contribution is -2.41. The minimum absolute atomic E-state index is 0.130. The zero-order valence-corrected chi connectivity index (χ0v) is 28.2. The van der Waals surface area contributed by atoms with Crippen molar-refractivity contribution in [2.75, 3.05) is 20.8 Å². The van der Waals surface area contributed by atoms with E-state index in [2.05, 4.69) is 45.8 Å². The number of rotatable bonds is 14. The second-order valence-electron chi connectivity index (χ2n) is 12.2. The minimum atomic E-state index is -1.90. The Hall–Kier alpha value is -3.68. The van der Waals surface area contributed by atoms with Gasteiger partial charge in [0.1, 0.15) is 23.7 Å². The average molecular weight is 602 g/mol. The van der Waals surface area contributed by atoms with Crippen LogP contribution in [0.4, 0.5) is 0 Å². The zero-order chi connectivity index (χ0) is 31.6. The van der Waals surface area contributed by atoms with Gasteiger partial charge in [0.05, 0.1) is 20.8 Å². The van der Waals surface area contributed by atoms with Gasteiger partial charge >= 0.3 is 0 Å². The van der Waals surface area contributed by atoms with Crippen LogP contribution in [0.3, 0.4) is 0 Å². The SMILES string of the molecule is CCC/C(CO[Si](C)(C)C(C)(C)C)=C(C)\C=C\C(=O)c1c(OC)ncc(-c2ccc(OCc3ccccc3)cc2)c1OC. The molecular formula is C36H47NO5Si. The molecule has 3 rings (SSSR count). The van der Waals surface area contributed by atoms with Gasteiger partial charge in [0.25, 0.3) is 0 Å². The summed E-state index contributed by atoms with van der Waals surface area (Å²) in [6.45, 7) is 16.5. The lowest BCUT2D eigenvalue weighted by atomic mass is 10.0. The highest BCUT2D eigenvalue weighted by atomic mass is 28.4.